The SMILES string of the molecule is CC1CCN(C(=O)COc2cc(Cl)ccc2Cl)CC1. The predicted molar refractivity (Wildman–Crippen MR) is 76.9 cm³/mol. The van der Waals surface area contributed by atoms with E-state index in [-0.39, 0.29) is 12.5 Å². The minimum Gasteiger partial charge on any atom is -0.482 e. The van der Waals surface area contributed by atoms with Crippen LogP contribution in [0.5, 0.6) is 5.75 Å². The van der Waals surface area contributed by atoms with Crippen molar-refractivity contribution in [1.29, 1.82) is 0 Å². The topological polar surface area (TPSA) is 29.5 Å². The van der Waals surface area contributed by atoms with Gasteiger partial charge in [0.15, 0.2) is 6.61 Å². The molecule has 0 spiro atoms. The molecule has 2 rings (SSSR count). The minimum absolute atomic E-state index is 0.00272. The fourth-order valence-electron chi connectivity index (χ4n) is 2.08. The van der Waals surface area contributed by atoms with Crippen molar-refractivity contribution in [3.63, 3.8) is 0 Å². The lowest BCUT2D eigenvalue weighted by molar-refractivity contribution is -0.134. The molecule has 0 radical (unpaired) electrons. The van der Waals surface area contributed by atoms with E-state index in [1.165, 1.54) is 0 Å². The zero-order valence-electron chi connectivity index (χ0n) is 10.9. The van der Waals surface area contributed by atoms with Crippen LogP contribution in [0, 0.1) is 5.92 Å². The minimum atomic E-state index is 0.00272. The molecule has 1 fully saturated rings. The van der Waals surface area contributed by atoms with Gasteiger partial charge in [0.25, 0.3) is 5.91 Å². The Hall–Kier alpha value is -0.930. The van der Waals surface area contributed by atoms with E-state index in [1.807, 2.05) is 4.90 Å². The van der Waals surface area contributed by atoms with Crippen LogP contribution in [0.3, 0.4) is 0 Å². The number of amides is 1. The van der Waals surface area contributed by atoms with Crippen LogP contribution in [0.15, 0.2) is 18.2 Å². The van der Waals surface area contributed by atoms with Crippen molar-refractivity contribution >= 4 is 29.1 Å². The first kappa shape index (κ1) is 14.5. The monoisotopic (exact) mass is 301 g/mol. The van der Waals surface area contributed by atoms with Crippen LogP contribution in [-0.2, 0) is 4.79 Å². The second kappa shape index (κ2) is 6.49. The highest BCUT2D eigenvalue weighted by molar-refractivity contribution is 6.34. The second-order valence-corrected chi connectivity index (χ2v) is 5.77. The Balaban J connectivity index is 1.88. The molecule has 1 aliphatic rings. The molecular formula is C14H17Cl2NO2. The number of halogens is 2. The number of likely N-dealkylation sites (tertiary alicyclic amines) is 1. The number of ether oxygens (including phenoxy) is 1. The lowest BCUT2D eigenvalue weighted by atomic mass is 9.99. The van der Waals surface area contributed by atoms with Gasteiger partial charge in [0.2, 0.25) is 0 Å². The Kier molecular flexibility index (Phi) is 4.94. The number of hydrogen-bond acceptors (Lipinski definition) is 2. The Bertz CT molecular complexity index is 457. The van der Waals surface area contributed by atoms with Crippen molar-refractivity contribution in [2.75, 3.05) is 19.7 Å². The van der Waals surface area contributed by atoms with E-state index in [2.05, 4.69) is 6.92 Å². The van der Waals surface area contributed by atoms with Gasteiger partial charge < -0.3 is 9.64 Å². The van der Waals surface area contributed by atoms with Crippen molar-refractivity contribution in [3.05, 3.63) is 28.2 Å². The van der Waals surface area contributed by atoms with Gasteiger partial charge in [0, 0.05) is 24.2 Å². The summed E-state index contributed by atoms with van der Waals surface area (Å²) in [5, 5.41) is 1.00. The van der Waals surface area contributed by atoms with Crippen molar-refractivity contribution in [2.24, 2.45) is 5.92 Å². The van der Waals surface area contributed by atoms with Crippen LogP contribution in [0.2, 0.25) is 10.0 Å². The Labute approximate surface area is 123 Å². The summed E-state index contributed by atoms with van der Waals surface area (Å²) in [6, 6.07) is 4.96. The molecule has 104 valence electrons. The molecule has 0 N–H and O–H groups in total. The highest BCUT2D eigenvalue weighted by Crippen LogP contribution is 2.27. The molecule has 1 aromatic carbocycles. The Morgan fingerprint density at radius 3 is 2.74 bits per heavy atom. The van der Waals surface area contributed by atoms with Crippen molar-refractivity contribution < 1.29 is 9.53 Å². The van der Waals surface area contributed by atoms with E-state index >= 15 is 0 Å². The highest BCUT2D eigenvalue weighted by Gasteiger charge is 2.20. The van der Waals surface area contributed by atoms with E-state index in [1.54, 1.807) is 18.2 Å². The van der Waals surface area contributed by atoms with Crippen LogP contribution in [0.25, 0.3) is 0 Å². The highest BCUT2D eigenvalue weighted by atomic mass is 35.5. The maximum atomic E-state index is 12.0. The number of carbonyl (C=O) groups excluding carboxylic acids is 1. The number of benzene rings is 1. The molecule has 1 aliphatic heterocycles. The summed E-state index contributed by atoms with van der Waals surface area (Å²) in [4.78, 5) is 13.8. The molecule has 3 nitrogen and oxygen atoms in total. The Morgan fingerprint density at radius 1 is 1.37 bits per heavy atom. The van der Waals surface area contributed by atoms with E-state index in [4.69, 9.17) is 27.9 Å². The molecule has 1 heterocycles. The van der Waals surface area contributed by atoms with Gasteiger partial charge in [-0.1, -0.05) is 30.1 Å². The fraction of sp³-hybridized carbons (Fsp3) is 0.500. The van der Waals surface area contributed by atoms with Gasteiger partial charge in [-0.2, -0.15) is 0 Å². The molecule has 19 heavy (non-hydrogen) atoms. The average molecular weight is 302 g/mol. The third kappa shape index (κ3) is 4.02. The fourth-order valence-corrected chi connectivity index (χ4v) is 2.41. The maximum absolute atomic E-state index is 12.0. The zero-order chi connectivity index (χ0) is 13.8. The van der Waals surface area contributed by atoms with Crippen LogP contribution >= 0.6 is 23.2 Å². The van der Waals surface area contributed by atoms with E-state index in [9.17, 15) is 4.79 Å². The standard InChI is InChI=1S/C14H17Cl2NO2/c1-10-4-6-17(7-5-10)14(18)9-19-13-8-11(15)2-3-12(13)16/h2-3,8,10H,4-7,9H2,1H3. The molecule has 0 aromatic heterocycles. The average Bonchev–Trinajstić information content (AvgIpc) is 2.40. The summed E-state index contributed by atoms with van der Waals surface area (Å²) in [6.07, 6.45) is 2.12. The van der Waals surface area contributed by atoms with Crippen LogP contribution in [0.4, 0.5) is 0 Å². The molecule has 0 saturated carbocycles. The summed E-state index contributed by atoms with van der Waals surface area (Å²) in [5.41, 5.74) is 0. The first-order chi connectivity index (χ1) is 9.06. The molecule has 0 unspecified atom stereocenters. The number of rotatable bonds is 3. The summed E-state index contributed by atoms with van der Waals surface area (Å²) in [6.45, 7) is 3.85. The smallest absolute Gasteiger partial charge is 0.260 e. The molecule has 1 aromatic rings. The van der Waals surface area contributed by atoms with Gasteiger partial charge in [-0.15, -0.1) is 0 Å². The first-order valence-corrected chi connectivity index (χ1v) is 7.17. The molecule has 0 bridgehead atoms. The zero-order valence-corrected chi connectivity index (χ0v) is 12.4. The number of carbonyl (C=O) groups is 1. The molecule has 1 saturated heterocycles. The number of piperidine rings is 1. The van der Waals surface area contributed by atoms with E-state index < -0.39 is 0 Å². The lowest BCUT2D eigenvalue weighted by Gasteiger charge is -2.30. The van der Waals surface area contributed by atoms with Gasteiger partial charge in [-0.3, -0.25) is 4.79 Å². The lowest BCUT2D eigenvalue weighted by Crippen LogP contribution is -2.40. The first-order valence-electron chi connectivity index (χ1n) is 6.42. The normalized spacial score (nSPS) is 16.5. The molecule has 5 heteroatoms. The predicted octanol–water partition coefficient (Wildman–Crippen LogP) is 3.63. The van der Waals surface area contributed by atoms with Gasteiger partial charge >= 0.3 is 0 Å². The van der Waals surface area contributed by atoms with Gasteiger partial charge in [0.1, 0.15) is 5.75 Å². The Morgan fingerprint density at radius 2 is 2.05 bits per heavy atom. The summed E-state index contributed by atoms with van der Waals surface area (Å²) < 4.78 is 5.45. The molecule has 0 atom stereocenters. The van der Waals surface area contributed by atoms with Gasteiger partial charge in [-0.25, -0.2) is 0 Å². The molecular weight excluding hydrogens is 285 g/mol. The van der Waals surface area contributed by atoms with Crippen LogP contribution in [-0.4, -0.2) is 30.5 Å². The third-order valence-corrected chi connectivity index (χ3v) is 3.93. The van der Waals surface area contributed by atoms with Crippen molar-refractivity contribution in [2.45, 2.75) is 19.8 Å². The largest absolute Gasteiger partial charge is 0.482 e. The van der Waals surface area contributed by atoms with Gasteiger partial charge in [-0.05, 0) is 30.9 Å². The number of nitrogens with zero attached hydrogens (tertiary/aromatic N) is 1. The summed E-state index contributed by atoms with van der Waals surface area (Å²) in [5.74, 6) is 1.16. The molecule has 0 aliphatic carbocycles. The van der Waals surface area contributed by atoms with Crippen molar-refractivity contribution in [1.82, 2.24) is 4.90 Å². The third-order valence-electron chi connectivity index (χ3n) is 3.38. The van der Waals surface area contributed by atoms with Crippen molar-refractivity contribution in [3.8, 4) is 5.75 Å². The molecule has 1 amide bonds. The summed E-state index contributed by atoms with van der Waals surface area (Å²) in [7, 11) is 0. The van der Waals surface area contributed by atoms with Crippen LogP contribution < -0.4 is 4.74 Å². The maximum Gasteiger partial charge on any atom is 0.260 e. The van der Waals surface area contributed by atoms with E-state index in [0.29, 0.717) is 21.7 Å². The quantitative estimate of drug-likeness (QED) is 0.853. The van der Waals surface area contributed by atoms with Crippen LogP contribution in [0.1, 0.15) is 19.8 Å². The van der Waals surface area contributed by atoms with E-state index in [0.717, 1.165) is 25.9 Å². The second-order valence-electron chi connectivity index (χ2n) is 4.93. The number of hydrogen-bond donors (Lipinski definition) is 0. The summed E-state index contributed by atoms with van der Waals surface area (Å²) >= 11 is 11.8. The van der Waals surface area contributed by atoms with Gasteiger partial charge in [0.05, 0.1) is 5.02 Å².